The van der Waals surface area contributed by atoms with Gasteiger partial charge in [0.1, 0.15) is 8.96 Å². The van der Waals surface area contributed by atoms with E-state index in [2.05, 4.69) is 35.2 Å². The number of carboxylic acids is 1. The third kappa shape index (κ3) is 2.69. The summed E-state index contributed by atoms with van der Waals surface area (Å²) in [6.45, 7) is 0. The smallest absolute Gasteiger partial charge is 0.326 e. The molecule has 3 nitrogen and oxygen atoms in total. The summed E-state index contributed by atoms with van der Waals surface area (Å²) < 4.78 is -0.916. The number of hydrogen-bond acceptors (Lipinski definition) is 3. The zero-order chi connectivity index (χ0) is 15.5. The third-order valence-corrected chi connectivity index (χ3v) is 6.30. The van der Waals surface area contributed by atoms with Crippen LogP contribution < -0.4 is 5.73 Å². The summed E-state index contributed by atoms with van der Waals surface area (Å²) in [5.74, 6) is -1.05. The summed E-state index contributed by atoms with van der Waals surface area (Å²) in [4.78, 5) is 11.9. The van der Waals surface area contributed by atoms with Crippen LogP contribution in [0.1, 0.15) is 11.1 Å². The maximum Gasteiger partial charge on any atom is 0.326 e. The SMILES string of the molecule is N[C@](CS)(C(=O)O)C(I)(c1ccccc1)c1ccccc1. The van der Waals surface area contributed by atoms with Gasteiger partial charge in [0.15, 0.2) is 0 Å². The van der Waals surface area contributed by atoms with Crippen molar-refractivity contribution in [2.45, 2.75) is 8.96 Å². The number of nitrogens with two attached hydrogens (primary N) is 1. The topological polar surface area (TPSA) is 63.3 Å². The highest BCUT2D eigenvalue weighted by atomic mass is 127. The van der Waals surface area contributed by atoms with Crippen LogP contribution in [0.3, 0.4) is 0 Å². The van der Waals surface area contributed by atoms with E-state index in [1.807, 2.05) is 60.7 Å². The molecule has 2 rings (SSSR count). The van der Waals surface area contributed by atoms with Gasteiger partial charge in [-0.2, -0.15) is 12.6 Å². The standard InChI is InChI=1S/C16H16INO2S/c17-16(12-7-3-1-4-8-12,13-9-5-2-6-10-13)15(18,11-21)14(19)20/h1-10,21H,11,18H2,(H,19,20)/t15-/m1/s1. The molecule has 0 saturated carbocycles. The molecule has 0 aliphatic rings. The van der Waals surface area contributed by atoms with Crippen molar-refractivity contribution in [2.24, 2.45) is 5.73 Å². The van der Waals surface area contributed by atoms with Gasteiger partial charge in [0.2, 0.25) is 0 Å². The second kappa shape index (κ2) is 6.37. The molecule has 2 aromatic rings. The fourth-order valence-corrected chi connectivity index (χ4v) is 4.16. The van der Waals surface area contributed by atoms with Gasteiger partial charge in [-0.15, -0.1) is 0 Å². The number of alkyl halides is 1. The van der Waals surface area contributed by atoms with E-state index in [9.17, 15) is 9.90 Å². The van der Waals surface area contributed by atoms with E-state index in [0.717, 1.165) is 11.1 Å². The number of benzene rings is 2. The fraction of sp³-hybridized carbons (Fsp3) is 0.188. The summed E-state index contributed by atoms with van der Waals surface area (Å²) in [6, 6.07) is 18.9. The van der Waals surface area contributed by atoms with Crippen molar-refractivity contribution in [1.29, 1.82) is 0 Å². The first-order chi connectivity index (χ1) is 9.96. The average Bonchev–Trinajstić information content (AvgIpc) is 2.54. The van der Waals surface area contributed by atoms with Gasteiger partial charge in [-0.3, -0.25) is 4.79 Å². The Morgan fingerprint density at radius 2 is 1.43 bits per heavy atom. The van der Waals surface area contributed by atoms with Crippen molar-refractivity contribution in [3.05, 3.63) is 71.8 Å². The molecule has 5 heteroatoms. The van der Waals surface area contributed by atoms with E-state index in [-0.39, 0.29) is 5.75 Å². The van der Waals surface area contributed by atoms with Crippen molar-refractivity contribution in [2.75, 3.05) is 5.75 Å². The summed E-state index contributed by atoms with van der Waals surface area (Å²) in [7, 11) is 0. The molecule has 110 valence electrons. The molecule has 1 atom stereocenters. The van der Waals surface area contributed by atoms with Gasteiger partial charge in [0.25, 0.3) is 0 Å². The zero-order valence-electron chi connectivity index (χ0n) is 11.2. The number of carbonyl (C=O) groups is 1. The number of aliphatic carboxylic acids is 1. The van der Waals surface area contributed by atoms with Gasteiger partial charge in [-0.1, -0.05) is 83.3 Å². The Hall–Kier alpha value is -1.05. The van der Waals surface area contributed by atoms with E-state index < -0.39 is 14.9 Å². The van der Waals surface area contributed by atoms with Gasteiger partial charge in [-0.05, 0) is 11.1 Å². The van der Waals surface area contributed by atoms with Crippen molar-refractivity contribution in [3.8, 4) is 0 Å². The van der Waals surface area contributed by atoms with Crippen LogP contribution in [0, 0.1) is 0 Å². The van der Waals surface area contributed by atoms with Crippen LogP contribution in [-0.2, 0) is 8.22 Å². The Morgan fingerprint density at radius 3 is 1.71 bits per heavy atom. The summed E-state index contributed by atoms with van der Waals surface area (Å²) in [5, 5.41) is 9.71. The van der Waals surface area contributed by atoms with Crippen molar-refractivity contribution in [1.82, 2.24) is 0 Å². The highest BCUT2D eigenvalue weighted by Gasteiger charge is 2.54. The molecule has 0 spiro atoms. The Labute approximate surface area is 143 Å². The monoisotopic (exact) mass is 413 g/mol. The van der Waals surface area contributed by atoms with Crippen molar-refractivity contribution >= 4 is 41.2 Å². The molecule has 0 fully saturated rings. The van der Waals surface area contributed by atoms with Crippen molar-refractivity contribution in [3.63, 3.8) is 0 Å². The predicted molar refractivity (Wildman–Crippen MR) is 96.1 cm³/mol. The van der Waals surface area contributed by atoms with Crippen LogP contribution >= 0.6 is 35.2 Å². The molecule has 0 saturated heterocycles. The van der Waals surface area contributed by atoms with Crippen molar-refractivity contribution < 1.29 is 9.90 Å². The first-order valence-corrected chi connectivity index (χ1v) is 8.11. The third-order valence-electron chi connectivity index (χ3n) is 3.59. The predicted octanol–water partition coefficient (Wildman–Crippen LogP) is 3.08. The maximum absolute atomic E-state index is 11.9. The first-order valence-electron chi connectivity index (χ1n) is 6.40. The lowest BCUT2D eigenvalue weighted by Crippen LogP contribution is -2.62. The average molecular weight is 413 g/mol. The maximum atomic E-state index is 11.9. The first kappa shape index (κ1) is 16.3. The van der Waals surface area contributed by atoms with E-state index in [0.29, 0.717) is 0 Å². The highest BCUT2D eigenvalue weighted by molar-refractivity contribution is 14.1. The zero-order valence-corrected chi connectivity index (χ0v) is 14.3. The number of carboxylic acid groups (broad SMARTS) is 1. The molecule has 0 unspecified atom stereocenters. The lowest BCUT2D eigenvalue weighted by Gasteiger charge is -2.41. The number of rotatable bonds is 5. The van der Waals surface area contributed by atoms with E-state index in [4.69, 9.17) is 5.73 Å². The van der Waals surface area contributed by atoms with Gasteiger partial charge in [0.05, 0.1) is 0 Å². The molecule has 0 radical (unpaired) electrons. The number of halogens is 1. The Bertz CT molecular complexity index is 581. The molecule has 3 N–H and O–H groups in total. The molecule has 0 amide bonds. The minimum Gasteiger partial charge on any atom is -0.480 e. The normalized spacial score (nSPS) is 14.4. The van der Waals surface area contributed by atoms with Crippen LogP contribution in [0.15, 0.2) is 60.7 Å². The minimum absolute atomic E-state index is 0.0229. The van der Waals surface area contributed by atoms with Gasteiger partial charge >= 0.3 is 5.97 Å². The lowest BCUT2D eigenvalue weighted by atomic mass is 9.76. The largest absolute Gasteiger partial charge is 0.480 e. The van der Waals surface area contributed by atoms with Crippen LogP contribution in [0.2, 0.25) is 0 Å². The summed E-state index contributed by atoms with van der Waals surface area (Å²) in [5.41, 5.74) is 6.46. The van der Waals surface area contributed by atoms with E-state index in [1.165, 1.54) is 0 Å². The molecule has 0 aliphatic heterocycles. The summed E-state index contributed by atoms with van der Waals surface area (Å²) >= 11 is 6.37. The minimum atomic E-state index is -1.53. The molecule has 0 bridgehead atoms. The summed E-state index contributed by atoms with van der Waals surface area (Å²) in [6.07, 6.45) is 0. The molecular formula is C16H16INO2S. The fourth-order valence-electron chi connectivity index (χ4n) is 2.34. The van der Waals surface area contributed by atoms with Gasteiger partial charge in [0, 0.05) is 5.75 Å². The molecule has 2 aromatic carbocycles. The highest BCUT2D eigenvalue weighted by Crippen LogP contribution is 2.47. The van der Waals surface area contributed by atoms with Crippen LogP contribution in [-0.4, -0.2) is 22.4 Å². The number of thiol groups is 1. The second-order valence-corrected chi connectivity index (χ2v) is 6.76. The quantitative estimate of drug-likeness (QED) is 0.401. The molecule has 0 aliphatic carbocycles. The van der Waals surface area contributed by atoms with Gasteiger partial charge < -0.3 is 10.8 Å². The Balaban J connectivity index is 2.74. The molecule has 0 aromatic heterocycles. The molecule has 0 heterocycles. The molecular weight excluding hydrogens is 397 g/mol. The van der Waals surface area contributed by atoms with Gasteiger partial charge in [-0.25, -0.2) is 0 Å². The molecule has 21 heavy (non-hydrogen) atoms. The number of hydrogen-bond donors (Lipinski definition) is 3. The van der Waals surface area contributed by atoms with Crippen LogP contribution in [0.4, 0.5) is 0 Å². The van der Waals surface area contributed by atoms with Crippen LogP contribution in [0.25, 0.3) is 0 Å². The van der Waals surface area contributed by atoms with E-state index >= 15 is 0 Å². The van der Waals surface area contributed by atoms with Crippen LogP contribution in [0.5, 0.6) is 0 Å². The Morgan fingerprint density at radius 1 is 1.05 bits per heavy atom. The second-order valence-electron chi connectivity index (χ2n) is 4.83. The van der Waals surface area contributed by atoms with E-state index in [1.54, 1.807) is 0 Å². The lowest BCUT2D eigenvalue weighted by molar-refractivity contribution is -0.143. The Kier molecular flexibility index (Phi) is 4.95.